The third-order valence-electron chi connectivity index (χ3n) is 3.62. The van der Waals surface area contributed by atoms with E-state index >= 15 is 0 Å². The number of carbonyl (C=O) groups excluding carboxylic acids is 2. The fourth-order valence-electron chi connectivity index (χ4n) is 2.39. The van der Waals surface area contributed by atoms with Gasteiger partial charge in [0.25, 0.3) is 11.8 Å². The zero-order valence-electron chi connectivity index (χ0n) is 14.5. The highest BCUT2D eigenvalue weighted by molar-refractivity contribution is 9.10. The standard InChI is InChI=1S/C20H17BrN2O4/c1-2-26-17-9-8-13(11-16(17)21)19(24)22-14-5-3-6-15(12-14)23-20(25)18-7-4-10-27-18/h3-12H,2H2,1H3,(H,22,24)(H,23,25). The molecular weight excluding hydrogens is 412 g/mol. The van der Waals surface area contributed by atoms with Gasteiger partial charge in [-0.15, -0.1) is 0 Å². The average Bonchev–Trinajstić information content (AvgIpc) is 3.19. The molecule has 3 rings (SSSR count). The van der Waals surface area contributed by atoms with E-state index in [0.29, 0.717) is 33.8 Å². The van der Waals surface area contributed by atoms with Gasteiger partial charge >= 0.3 is 0 Å². The van der Waals surface area contributed by atoms with Gasteiger partial charge in [0.05, 0.1) is 17.3 Å². The number of benzene rings is 2. The molecule has 0 radical (unpaired) electrons. The van der Waals surface area contributed by atoms with Crippen LogP contribution in [0.1, 0.15) is 27.8 Å². The molecule has 3 aromatic rings. The molecule has 0 bridgehead atoms. The van der Waals surface area contributed by atoms with Crippen molar-refractivity contribution in [2.75, 3.05) is 17.2 Å². The van der Waals surface area contributed by atoms with Crippen LogP contribution in [0.5, 0.6) is 5.75 Å². The van der Waals surface area contributed by atoms with Crippen LogP contribution < -0.4 is 15.4 Å². The van der Waals surface area contributed by atoms with Crippen molar-refractivity contribution in [3.8, 4) is 5.75 Å². The first-order chi connectivity index (χ1) is 13.1. The number of rotatable bonds is 6. The number of furan rings is 1. The molecule has 27 heavy (non-hydrogen) atoms. The molecule has 0 aliphatic heterocycles. The van der Waals surface area contributed by atoms with Crippen molar-refractivity contribution in [2.45, 2.75) is 6.92 Å². The van der Waals surface area contributed by atoms with Crippen molar-refractivity contribution in [3.05, 3.63) is 76.7 Å². The van der Waals surface area contributed by atoms with Gasteiger partial charge in [0.15, 0.2) is 5.76 Å². The topological polar surface area (TPSA) is 80.6 Å². The van der Waals surface area contributed by atoms with E-state index in [0.717, 1.165) is 0 Å². The lowest BCUT2D eigenvalue weighted by atomic mass is 10.2. The van der Waals surface area contributed by atoms with Crippen LogP contribution in [0.25, 0.3) is 0 Å². The summed E-state index contributed by atoms with van der Waals surface area (Å²) in [4.78, 5) is 24.5. The van der Waals surface area contributed by atoms with E-state index in [1.54, 1.807) is 54.6 Å². The third kappa shape index (κ3) is 4.77. The first kappa shape index (κ1) is 18.7. The first-order valence-corrected chi connectivity index (χ1v) is 9.04. The lowest BCUT2D eigenvalue weighted by molar-refractivity contribution is 0.0995. The molecule has 0 aliphatic carbocycles. The molecule has 6 nitrogen and oxygen atoms in total. The summed E-state index contributed by atoms with van der Waals surface area (Å²) in [6.07, 6.45) is 1.43. The SMILES string of the molecule is CCOc1ccc(C(=O)Nc2cccc(NC(=O)c3ccco3)c2)cc1Br. The van der Waals surface area contributed by atoms with Crippen LogP contribution >= 0.6 is 15.9 Å². The molecule has 2 amide bonds. The minimum absolute atomic E-state index is 0.212. The van der Waals surface area contributed by atoms with Crippen LogP contribution in [0.4, 0.5) is 11.4 Å². The van der Waals surface area contributed by atoms with Gasteiger partial charge in [-0.1, -0.05) is 6.07 Å². The minimum Gasteiger partial charge on any atom is -0.493 e. The Morgan fingerprint density at radius 1 is 1.00 bits per heavy atom. The van der Waals surface area contributed by atoms with E-state index < -0.39 is 0 Å². The molecule has 0 aliphatic rings. The number of hydrogen-bond acceptors (Lipinski definition) is 4. The van der Waals surface area contributed by atoms with Crippen molar-refractivity contribution < 1.29 is 18.7 Å². The summed E-state index contributed by atoms with van der Waals surface area (Å²) < 4.78 is 11.2. The van der Waals surface area contributed by atoms with Gasteiger partial charge < -0.3 is 19.8 Å². The van der Waals surface area contributed by atoms with Gasteiger partial charge in [0.2, 0.25) is 0 Å². The summed E-state index contributed by atoms with van der Waals surface area (Å²) >= 11 is 3.40. The predicted octanol–water partition coefficient (Wildman–Crippen LogP) is 4.95. The van der Waals surface area contributed by atoms with E-state index in [1.165, 1.54) is 6.26 Å². The lowest BCUT2D eigenvalue weighted by Crippen LogP contribution is -2.13. The maximum atomic E-state index is 12.5. The van der Waals surface area contributed by atoms with Gasteiger partial charge in [0.1, 0.15) is 5.75 Å². The molecule has 0 saturated heterocycles. The van der Waals surface area contributed by atoms with Crippen LogP contribution in [-0.2, 0) is 0 Å². The Morgan fingerprint density at radius 3 is 2.37 bits per heavy atom. The highest BCUT2D eigenvalue weighted by atomic mass is 79.9. The maximum Gasteiger partial charge on any atom is 0.291 e. The van der Waals surface area contributed by atoms with Crippen molar-refractivity contribution in [1.82, 2.24) is 0 Å². The molecule has 0 fully saturated rings. The summed E-state index contributed by atoms with van der Waals surface area (Å²) in [5.41, 5.74) is 1.58. The average molecular weight is 429 g/mol. The number of halogens is 1. The smallest absolute Gasteiger partial charge is 0.291 e. The second-order valence-electron chi connectivity index (χ2n) is 5.54. The van der Waals surface area contributed by atoms with Gasteiger partial charge in [-0.3, -0.25) is 9.59 Å². The van der Waals surface area contributed by atoms with Crippen LogP contribution in [-0.4, -0.2) is 18.4 Å². The molecule has 0 atom stereocenters. The summed E-state index contributed by atoms with van der Waals surface area (Å²) in [5.74, 6) is 0.257. The predicted molar refractivity (Wildman–Crippen MR) is 106 cm³/mol. The molecule has 0 unspecified atom stereocenters. The Kier molecular flexibility index (Phi) is 5.93. The van der Waals surface area contributed by atoms with E-state index in [1.807, 2.05) is 6.92 Å². The fraction of sp³-hybridized carbons (Fsp3) is 0.100. The maximum absolute atomic E-state index is 12.5. The van der Waals surface area contributed by atoms with Crippen LogP contribution in [0.15, 0.2) is 69.8 Å². The number of anilines is 2. The largest absolute Gasteiger partial charge is 0.493 e. The lowest BCUT2D eigenvalue weighted by Gasteiger charge is -2.10. The van der Waals surface area contributed by atoms with Gasteiger partial charge in [-0.05, 0) is 71.4 Å². The molecule has 1 aromatic heterocycles. The molecule has 2 N–H and O–H groups in total. The highest BCUT2D eigenvalue weighted by Crippen LogP contribution is 2.26. The Hall–Kier alpha value is -3.06. The second kappa shape index (κ2) is 8.55. The molecule has 1 heterocycles. The Labute approximate surface area is 164 Å². The van der Waals surface area contributed by atoms with Crippen molar-refractivity contribution >= 4 is 39.1 Å². The van der Waals surface area contributed by atoms with Crippen molar-refractivity contribution in [3.63, 3.8) is 0 Å². The summed E-state index contributed by atoms with van der Waals surface area (Å²) in [5, 5.41) is 5.53. The van der Waals surface area contributed by atoms with Crippen LogP contribution in [0.3, 0.4) is 0 Å². The Morgan fingerprint density at radius 2 is 1.74 bits per heavy atom. The van der Waals surface area contributed by atoms with Gasteiger partial charge in [-0.25, -0.2) is 0 Å². The molecule has 7 heteroatoms. The second-order valence-corrected chi connectivity index (χ2v) is 6.40. The third-order valence-corrected chi connectivity index (χ3v) is 4.24. The zero-order chi connectivity index (χ0) is 19.2. The number of carbonyl (C=O) groups is 2. The Bertz CT molecular complexity index is 954. The Balaban J connectivity index is 1.69. The molecular formula is C20H17BrN2O4. The summed E-state index contributed by atoms with van der Waals surface area (Å²) in [6.45, 7) is 2.44. The normalized spacial score (nSPS) is 10.3. The minimum atomic E-state index is -0.362. The van der Waals surface area contributed by atoms with Gasteiger partial charge in [-0.2, -0.15) is 0 Å². The fourth-order valence-corrected chi connectivity index (χ4v) is 2.89. The van der Waals surface area contributed by atoms with Gasteiger partial charge in [0, 0.05) is 16.9 Å². The van der Waals surface area contributed by atoms with Crippen LogP contribution in [0, 0.1) is 0 Å². The molecule has 0 spiro atoms. The van der Waals surface area contributed by atoms with Crippen molar-refractivity contribution in [2.24, 2.45) is 0 Å². The molecule has 0 saturated carbocycles. The van der Waals surface area contributed by atoms with E-state index in [9.17, 15) is 9.59 Å². The quantitative estimate of drug-likeness (QED) is 0.582. The van der Waals surface area contributed by atoms with E-state index in [4.69, 9.17) is 9.15 Å². The number of nitrogens with one attached hydrogen (secondary N) is 2. The number of hydrogen-bond donors (Lipinski definition) is 2. The zero-order valence-corrected chi connectivity index (χ0v) is 16.1. The van der Waals surface area contributed by atoms with Crippen LogP contribution in [0.2, 0.25) is 0 Å². The van der Waals surface area contributed by atoms with E-state index in [2.05, 4.69) is 26.6 Å². The first-order valence-electron chi connectivity index (χ1n) is 8.25. The van der Waals surface area contributed by atoms with Crippen molar-refractivity contribution in [1.29, 1.82) is 0 Å². The summed E-state index contributed by atoms with van der Waals surface area (Å²) in [6, 6.07) is 15.2. The molecule has 138 valence electrons. The monoisotopic (exact) mass is 428 g/mol. The number of amides is 2. The highest BCUT2D eigenvalue weighted by Gasteiger charge is 2.11. The van der Waals surface area contributed by atoms with E-state index in [-0.39, 0.29) is 17.6 Å². The number of ether oxygens (including phenoxy) is 1. The molecule has 2 aromatic carbocycles. The summed E-state index contributed by atoms with van der Waals surface area (Å²) in [7, 11) is 0.